The third-order valence-electron chi connectivity index (χ3n) is 5.75. The molecule has 0 saturated carbocycles. The predicted octanol–water partition coefficient (Wildman–Crippen LogP) is 8.98. The van der Waals surface area contributed by atoms with Crippen LogP contribution < -0.4 is 0 Å². The second kappa shape index (κ2) is 13.9. The molecule has 3 nitrogen and oxygen atoms in total. The fourth-order valence-corrected chi connectivity index (χ4v) is 4.33. The SMILES string of the molecule is C=CC(C)C=C(C(=C)CCCCC(CC)C(=C)SC=C(C)C(C)=N)c1cn[nH]c1C(=C)C. The molecule has 32 heavy (non-hydrogen) atoms. The van der Waals surface area contributed by atoms with Gasteiger partial charge in [-0.15, -0.1) is 18.3 Å². The minimum absolute atomic E-state index is 0.251. The van der Waals surface area contributed by atoms with Crippen LogP contribution in [-0.4, -0.2) is 15.9 Å². The fraction of sp³-hybridized carbons (Fsp3) is 0.429. The maximum atomic E-state index is 7.71. The van der Waals surface area contributed by atoms with Crippen LogP contribution in [0.1, 0.15) is 78.0 Å². The van der Waals surface area contributed by atoms with E-state index in [9.17, 15) is 0 Å². The zero-order chi connectivity index (χ0) is 24.3. The van der Waals surface area contributed by atoms with Crippen molar-refractivity contribution in [3.63, 3.8) is 0 Å². The number of rotatable bonds is 15. The van der Waals surface area contributed by atoms with Gasteiger partial charge in [0.15, 0.2) is 0 Å². The molecule has 2 N–H and O–H groups in total. The summed E-state index contributed by atoms with van der Waals surface area (Å²) in [5.74, 6) is 0.739. The molecular formula is C28H41N3S. The van der Waals surface area contributed by atoms with Crippen LogP contribution in [0, 0.1) is 17.2 Å². The van der Waals surface area contributed by atoms with Gasteiger partial charge < -0.3 is 5.41 Å². The number of nitrogens with zero attached hydrogens (tertiary/aromatic N) is 1. The molecule has 174 valence electrons. The molecule has 1 aromatic rings. The lowest BCUT2D eigenvalue weighted by molar-refractivity contribution is 0.525. The first-order valence-corrected chi connectivity index (χ1v) is 12.3. The summed E-state index contributed by atoms with van der Waals surface area (Å²) in [6.45, 7) is 26.9. The fourth-order valence-electron chi connectivity index (χ4n) is 3.35. The van der Waals surface area contributed by atoms with E-state index in [1.807, 2.05) is 33.0 Å². The molecule has 0 bridgehead atoms. The van der Waals surface area contributed by atoms with Crippen molar-refractivity contribution in [2.24, 2.45) is 11.8 Å². The minimum atomic E-state index is 0.251. The molecule has 0 radical (unpaired) electrons. The molecule has 1 rings (SSSR count). The molecule has 0 aliphatic carbocycles. The van der Waals surface area contributed by atoms with E-state index in [0.717, 1.165) is 65.7 Å². The van der Waals surface area contributed by atoms with Crippen molar-refractivity contribution in [1.82, 2.24) is 10.2 Å². The molecular weight excluding hydrogens is 410 g/mol. The molecule has 0 aromatic carbocycles. The highest BCUT2D eigenvalue weighted by atomic mass is 32.2. The summed E-state index contributed by atoms with van der Waals surface area (Å²) in [5, 5.41) is 17.1. The van der Waals surface area contributed by atoms with Gasteiger partial charge >= 0.3 is 0 Å². The van der Waals surface area contributed by atoms with Crippen molar-refractivity contribution in [3.05, 3.63) is 77.4 Å². The number of H-pyrrole nitrogens is 1. The van der Waals surface area contributed by atoms with E-state index >= 15 is 0 Å². The van der Waals surface area contributed by atoms with E-state index in [1.165, 1.54) is 4.91 Å². The predicted molar refractivity (Wildman–Crippen MR) is 146 cm³/mol. The Morgan fingerprint density at radius 3 is 2.47 bits per heavy atom. The van der Waals surface area contributed by atoms with Gasteiger partial charge in [-0.25, -0.2) is 0 Å². The Hall–Kier alpha value is -2.33. The molecule has 0 spiro atoms. The average molecular weight is 452 g/mol. The Morgan fingerprint density at radius 2 is 1.91 bits per heavy atom. The standard InChI is InChI=1S/C28H41N3S/c1-10-20(5)16-26(27-17-30-31-28(27)19(3)4)21(6)14-12-13-15-25(11-2)24(9)32-18-22(7)23(8)29/h10,16-18,20,25,29H,1,3,6,9,11-15H2,2,4-5,7-8H3,(H,30,31). The smallest absolute Gasteiger partial charge is 0.0679 e. The average Bonchev–Trinajstić information content (AvgIpc) is 3.24. The summed E-state index contributed by atoms with van der Waals surface area (Å²) >= 11 is 1.67. The summed E-state index contributed by atoms with van der Waals surface area (Å²) in [4.78, 5) is 1.19. The van der Waals surface area contributed by atoms with Crippen molar-refractivity contribution >= 4 is 28.6 Å². The molecule has 1 aromatic heterocycles. The van der Waals surface area contributed by atoms with E-state index in [0.29, 0.717) is 11.6 Å². The topological polar surface area (TPSA) is 52.5 Å². The van der Waals surface area contributed by atoms with E-state index in [2.05, 4.69) is 61.8 Å². The van der Waals surface area contributed by atoms with Crippen LogP contribution in [0.3, 0.4) is 0 Å². The Labute approximate surface area is 200 Å². The zero-order valence-corrected chi connectivity index (χ0v) is 21.5. The van der Waals surface area contributed by atoms with Crippen LogP contribution in [0.5, 0.6) is 0 Å². The molecule has 0 aliphatic heterocycles. The Balaban J connectivity index is 2.76. The number of aromatic nitrogens is 2. The lowest BCUT2D eigenvalue weighted by Gasteiger charge is -2.17. The van der Waals surface area contributed by atoms with E-state index in [4.69, 9.17) is 5.41 Å². The van der Waals surface area contributed by atoms with E-state index in [-0.39, 0.29) is 5.92 Å². The third-order valence-corrected chi connectivity index (χ3v) is 6.85. The highest BCUT2D eigenvalue weighted by Gasteiger charge is 2.15. The van der Waals surface area contributed by atoms with Crippen LogP contribution >= 0.6 is 11.8 Å². The van der Waals surface area contributed by atoms with Gasteiger partial charge in [0, 0.05) is 11.3 Å². The Morgan fingerprint density at radius 1 is 1.22 bits per heavy atom. The highest BCUT2D eigenvalue weighted by molar-refractivity contribution is 8.05. The number of unbranched alkanes of at least 4 members (excludes halogenated alkanes) is 1. The quantitative estimate of drug-likeness (QED) is 0.121. The molecule has 0 amide bonds. The normalized spacial score (nSPS) is 14.0. The van der Waals surface area contributed by atoms with Crippen molar-refractivity contribution in [2.75, 3.05) is 0 Å². The molecule has 2 atom stereocenters. The molecule has 2 unspecified atom stereocenters. The van der Waals surface area contributed by atoms with Crippen LogP contribution in [0.25, 0.3) is 11.1 Å². The van der Waals surface area contributed by atoms with Gasteiger partial charge in [-0.2, -0.15) is 5.10 Å². The second-order valence-corrected chi connectivity index (χ2v) is 9.57. The van der Waals surface area contributed by atoms with Gasteiger partial charge in [0.05, 0.1) is 11.9 Å². The highest BCUT2D eigenvalue weighted by Crippen LogP contribution is 2.34. The van der Waals surface area contributed by atoms with Crippen molar-refractivity contribution in [3.8, 4) is 0 Å². The monoisotopic (exact) mass is 451 g/mol. The van der Waals surface area contributed by atoms with Crippen LogP contribution in [-0.2, 0) is 0 Å². The van der Waals surface area contributed by atoms with Crippen molar-refractivity contribution in [1.29, 1.82) is 5.41 Å². The van der Waals surface area contributed by atoms with Gasteiger partial charge in [-0.3, -0.25) is 5.10 Å². The number of thioether (sulfide) groups is 1. The number of aromatic amines is 1. The summed E-state index contributed by atoms with van der Waals surface area (Å²) in [5.41, 5.74) is 6.88. The second-order valence-electron chi connectivity index (χ2n) is 8.58. The molecule has 4 heteroatoms. The summed E-state index contributed by atoms with van der Waals surface area (Å²) in [6, 6.07) is 0. The number of hydrogen-bond acceptors (Lipinski definition) is 3. The van der Waals surface area contributed by atoms with Gasteiger partial charge in [0.1, 0.15) is 0 Å². The van der Waals surface area contributed by atoms with E-state index in [1.54, 1.807) is 11.8 Å². The summed E-state index contributed by atoms with van der Waals surface area (Å²) < 4.78 is 0. The zero-order valence-electron chi connectivity index (χ0n) is 20.7. The number of hydrogen-bond donors (Lipinski definition) is 2. The van der Waals surface area contributed by atoms with Crippen molar-refractivity contribution < 1.29 is 0 Å². The Bertz CT molecular complexity index is 898. The largest absolute Gasteiger partial charge is 0.305 e. The maximum absolute atomic E-state index is 7.71. The molecule has 0 aliphatic rings. The van der Waals surface area contributed by atoms with Gasteiger partial charge in [-0.1, -0.05) is 52.2 Å². The molecule has 0 saturated heterocycles. The molecule has 1 heterocycles. The van der Waals surface area contributed by atoms with Crippen LogP contribution in [0.2, 0.25) is 0 Å². The minimum Gasteiger partial charge on any atom is -0.305 e. The number of allylic oxidation sites excluding steroid dienone is 7. The van der Waals surface area contributed by atoms with Gasteiger partial charge in [-0.05, 0) is 90.9 Å². The van der Waals surface area contributed by atoms with Gasteiger partial charge in [0.25, 0.3) is 0 Å². The first-order valence-electron chi connectivity index (χ1n) is 11.4. The van der Waals surface area contributed by atoms with Crippen LogP contribution in [0.15, 0.2) is 66.1 Å². The molecule has 0 fully saturated rings. The Kier molecular flexibility index (Phi) is 12.1. The van der Waals surface area contributed by atoms with Gasteiger partial charge in [0.2, 0.25) is 0 Å². The first kappa shape index (κ1) is 27.7. The lowest BCUT2D eigenvalue weighted by Crippen LogP contribution is -2.00. The third kappa shape index (κ3) is 8.66. The number of nitrogens with one attached hydrogen (secondary N) is 2. The van der Waals surface area contributed by atoms with Crippen LogP contribution in [0.4, 0.5) is 0 Å². The van der Waals surface area contributed by atoms with E-state index < -0.39 is 0 Å². The first-order chi connectivity index (χ1) is 15.1. The maximum Gasteiger partial charge on any atom is 0.0679 e. The lowest BCUT2D eigenvalue weighted by atomic mass is 9.90. The summed E-state index contributed by atoms with van der Waals surface area (Å²) in [7, 11) is 0. The summed E-state index contributed by atoms with van der Waals surface area (Å²) in [6.07, 6.45) is 11.4. The van der Waals surface area contributed by atoms with Crippen molar-refractivity contribution in [2.45, 2.75) is 66.7 Å².